The third-order valence-electron chi connectivity index (χ3n) is 1.31. The number of aryl methyl sites for hydroxylation is 1. The minimum atomic E-state index is -4.27. The minimum absolute atomic E-state index is 0.178. The van der Waals surface area contributed by atoms with Gasteiger partial charge in [-0.25, -0.2) is 8.42 Å². The summed E-state index contributed by atoms with van der Waals surface area (Å²) in [5.41, 5.74) is 0.928. The van der Waals surface area contributed by atoms with Crippen LogP contribution in [-0.2, 0) is 10.1 Å². The van der Waals surface area contributed by atoms with Gasteiger partial charge in [-0.2, -0.15) is 0 Å². The second-order valence-electron chi connectivity index (χ2n) is 4.95. The number of quaternary nitrogens is 1. The van der Waals surface area contributed by atoms with Crippen molar-refractivity contribution in [2.24, 2.45) is 0 Å². The highest BCUT2D eigenvalue weighted by molar-refractivity contribution is 7.85. The highest BCUT2D eigenvalue weighted by atomic mass is 32.2. The lowest BCUT2D eigenvalue weighted by Crippen LogP contribution is -2.27. The van der Waals surface area contributed by atoms with E-state index in [2.05, 4.69) is 28.2 Å². The van der Waals surface area contributed by atoms with Crippen molar-refractivity contribution in [2.45, 2.75) is 11.8 Å². The van der Waals surface area contributed by atoms with Crippen molar-refractivity contribution in [1.82, 2.24) is 0 Å². The molecule has 1 aromatic carbocycles. The van der Waals surface area contributed by atoms with Gasteiger partial charge in [0.05, 0.1) is 33.1 Å². The molecule has 0 amide bonds. The minimum Gasteiger partial charge on any atom is -0.744 e. The standard InChI is InChI=1S/C7H8O3S.C4H12N/c1-6-2-4-7(5-3-6)11(8,9)10;1-5(2,3)4/h2-5H,1H3,(H,8,9,10);1-4H3/q;+1/p-1. The molecular formula is C11H19NO3S. The second kappa shape index (κ2) is 5.43. The summed E-state index contributed by atoms with van der Waals surface area (Å²) in [5, 5.41) is 0. The Morgan fingerprint density at radius 1 is 1.00 bits per heavy atom. The van der Waals surface area contributed by atoms with Crippen molar-refractivity contribution in [1.29, 1.82) is 0 Å². The van der Waals surface area contributed by atoms with Crippen LogP contribution in [0, 0.1) is 6.92 Å². The SMILES string of the molecule is C[N+](C)(C)C.Cc1ccc(S(=O)(=O)[O-])cc1. The number of hydrogen-bond acceptors (Lipinski definition) is 3. The van der Waals surface area contributed by atoms with E-state index in [1.807, 2.05) is 6.92 Å². The topological polar surface area (TPSA) is 57.2 Å². The highest BCUT2D eigenvalue weighted by Crippen LogP contribution is 2.08. The Kier molecular flexibility index (Phi) is 5.12. The Labute approximate surface area is 97.9 Å². The first-order chi connectivity index (χ1) is 7.00. The maximum atomic E-state index is 10.4. The highest BCUT2D eigenvalue weighted by Gasteiger charge is 1.97. The molecule has 0 N–H and O–H groups in total. The van der Waals surface area contributed by atoms with Crippen LogP contribution in [0.4, 0.5) is 0 Å². The van der Waals surface area contributed by atoms with Crippen LogP contribution in [0.1, 0.15) is 5.56 Å². The molecular weight excluding hydrogens is 226 g/mol. The molecule has 0 bridgehead atoms. The summed E-state index contributed by atoms with van der Waals surface area (Å²) < 4.78 is 32.2. The van der Waals surface area contributed by atoms with Crippen LogP contribution in [0.25, 0.3) is 0 Å². The molecule has 0 spiro atoms. The summed E-state index contributed by atoms with van der Waals surface area (Å²) in [6.45, 7) is 1.82. The van der Waals surface area contributed by atoms with E-state index in [-0.39, 0.29) is 4.90 Å². The maximum absolute atomic E-state index is 10.4. The Bertz CT molecular complexity index is 410. The first-order valence-corrected chi connectivity index (χ1v) is 6.22. The van der Waals surface area contributed by atoms with E-state index in [9.17, 15) is 13.0 Å². The molecule has 0 unspecified atom stereocenters. The molecule has 0 heterocycles. The Morgan fingerprint density at radius 2 is 1.31 bits per heavy atom. The van der Waals surface area contributed by atoms with E-state index < -0.39 is 10.1 Å². The van der Waals surface area contributed by atoms with E-state index in [0.29, 0.717) is 0 Å². The maximum Gasteiger partial charge on any atom is 0.124 e. The molecule has 16 heavy (non-hydrogen) atoms. The lowest BCUT2D eigenvalue weighted by Gasteiger charge is -2.14. The van der Waals surface area contributed by atoms with Crippen LogP contribution in [0.2, 0.25) is 0 Å². The molecule has 5 heteroatoms. The molecule has 0 aliphatic heterocycles. The normalized spacial score (nSPS) is 11.6. The van der Waals surface area contributed by atoms with Crippen molar-refractivity contribution < 1.29 is 17.5 Å². The van der Waals surface area contributed by atoms with Crippen LogP contribution in [0.15, 0.2) is 29.2 Å². The second-order valence-corrected chi connectivity index (χ2v) is 6.33. The van der Waals surface area contributed by atoms with Gasteiger partial charge in [0.25, 0.3) is 0 Å². The van der Waals surface area contributed by atoms with Crippen molar-refractivity contribution in [2.75, 3.05) is 28.2 Å². The first-order valence-electron chi connectivity index (χ1n) is 4.81. The van der Waals surface area contributed by atoms with E-state index in [0.717, 1.165) is 10.0 Å². The van der Waals surface area contributed by atoms with Gasteiger partial charge in [0.15, 0.2) is 0 Å². The van der Waals surface area contributed by atoms with Gasteiger partial charge in [0.2, 0.25) is 0 Å². The average Bonchev–Trinajstić information content (AvgIpc) is 1.99. The van der Waals surface area contributed by atoms with Gasteiger partial charge < -0.3 is 9.04 Å². The van der Waals surface area contributed by atoms with Gasteiger partial charge in [-0.1, -0.05) is 17.7 Å². The molecule has 0 fully saturated rings. The van der Waals surface area contributed by atoms with Crippen LogP contribution in [0.5, 0.6) is 0 Å². The van der Waals surface area contributed by atoms with E-state index in [1.54, 1.807) is 12.1 Å². The molecule has 4 nitrogen and oxygen atoms in total. The summed E-state index contributed by atoms with van der Waals surface area (Å²) in [4.78, 5) is -0.178. The Balaban J connectivity index is 0.000000385. The zero-order chi connectivity index (χ0) is 13.0. The summed E-state index contributed by atoms with van der Waals surface area (Å²) in [7, 11) is 4.23. The zero-order valence-corrected chi connectivity index (χ0v) is 11.2. The van der Waals surface area contributed by atoms with Crippen LogP contribution in [-0.4, -0.2) is 45.6 Å². The molecule has 1 aromatic rings. The van der Waals surface area contributed by atoms with Crippen molar-refractivity contribution >= 4 is 10.1 Å². The molecule has 0 saturated carbocycles. The van der Waals surface area contributed by atoms with E-state index in [1.165, 1.54) is 12.1 Å². The molecule has 0 aromatic heterocycles. The summed E-state index contributed by atoms with van der Waals surface area (Å²) in [6, 6.07) is 5.78. The molecule has 92 valence electrons. The van der Waals surface area contributed by atoms with Crippen molar-refractivity contribution in [3.63, 3.8) is 0 Å². The third kappa shape index (κ3) is 8.40. The van der Waals surface area contributed by atoms with Crippen molar-refractivity contribution in [3.05, 3.63) is 29.8 Å². The first kappa shape index (κ1) is 15.1. The average molecular weight is 245 g/mol. The molecule has 1 rings (SSSR count). The third-order valence-corrected chi connectivity index (χ3v) is 2.16. The van der Waals surface area contributed by atoms with Gasteiger partial charge in [-0.05, 0) is 19.1 Å². The van der Waals surface area contributed by atoms with E-state index in [4.69, 9.17) is 0 Å². The fraction of sp³-hybridized carbons (Fsp3) is 0.455. The smallest absolute Gasteiger partial charge is 0.124 e. The Morgan fingerprint density at radius 3 is 1.56 bits per heavy atom. The monoisotopic (exact) mass is 245 g/mol. The fourth-order valence-electron chi connectivity index (χ4n) is 0.705. The Hall–Kier alpha value is -0.910. The summed E-state index contributed by atoms with van der Waals surface area (Å²) >= 11 is 0. The number of hydrogen-bond donors (Lipinski definition) is 0. The number of rotatable bonds is 1. The predicted molar refractivity (Wildman–Crippen MR) is 63.1 cm³/mol. The van der Waals surface area contributed by atoms with Gasteiger partial charge in [0, 0.05) is 0 Å². The van der Waals surface area contributed by atoms with Gasteiger partial charge in [-0.3, -0.25) is 0 Å². The van der Waals surface area contributed by atoms with Gasteiger partial charge >= 0.3 is 0 Å². The number of benzene rings is 1. The molecule has 0 saturated heterocycles. The van der Waals surface area contributed by atoms with Crippen molar-refractivity contribution in [3.8, 4) is 0 Å². The summed E-state index contributed by atoms with van der Waals surface area (Å²) in [6.07, 6.45) is 0. The molecule has 0 aliphatic carbocycles. The molecule has 0 radical (unpaired) electrons. The zero-order valence-electron chi connectivity index (χ0n) is 10.4. The van der Waals surface area contributed by atoms with E-state index >= 15 is 0 Å². The van der Waals surface area contributed by atoms with Crippen LogP contribution in [0.3, 0.4) is 0 Å². The van der Waals surface area contributed by atoms with Gasteiger partial charge in [-0.15, -0.1) is 0 Å². The fourth-order valence-corrected chi connectivity index (χ4v) is 1.17. The van der Waals surface area contributed by atoms with Gasteiger partial charge in [0.1, 0.15) is 10.1 Å². The number of nitrogens with zero attached hydrogens (tertiary/aromatic N) is 1. The van der Waals surface area contributed by atoms with Crippen LogP contribution >= 0.6 is 0 Å². The quantitative estimate of drug-likeness (QED) is 0.552. The molecule has 0 atom stereocenters. The van der Waals surface area contributed by atoms with Crippen LogP contribution < -0.4 is 0 Å². The lowest BCUT2D eigenvalue weighted by molar-refractivity contribution is -0.849. The predicted octanol–water partition coefficient (Wildman–Crippen LogP) is 1.22. The molecule has 0 aliphatic rings. The lowest BCUT2D eigenvalue weighted by atomic mass is 10.2. The largest absolute Gasteiger partial charge is 0.744 e. The summed E-state index contributed by atoms with van der Waals surface area (Å²) in [5.74, 6) is 0.